The first-order chi connectivity index (χ1) is 26.4. The van der Waals surface area contributed by atoms with Crippen LogP contribution in [-0.2, 0) is 10.8 Å². The zero-order valence-electron chi connectivity index (χ0n) is 36.0. The molecule has 9 rings (SSSR count). The van der Waals surface area contributed by atoms with Crippen molar-refractivity contribution in [2.24, 2.45) is 17.3 Å². The molecule has 3 heterocycles. The summed E-state index contributed by atoms with van der Waals surface area (Å²) in [5.74, 6) is 1.08. The third-order valence-corrected chi connectivity index (χ3v) is 15.7. The molecular formula is C52H61BN2S. The van der Waals surface area contributed by atoms with E-state index in [-0.39, 0.29) is 29.0 Å². The SMILES string of the molecule is CC1=C(c2ccc(N3c4cc(C)cc5c4B(c4cc(C(C)(C)C)ccc4N5c4ccc(C(C)(C)C)cc4)C4SC5=C(C43)[C@H](C)CCC5(C)C)cc2)C(C)CC=C1. The van der Waals surface area contributed by atoms with Crippen LogP contribution in [0, 0.1) is 24.2 Å². The van der Waals surface area contributed by atoms with Gasteiger partial charge in [-0.15, -0.1) is 11.8 Å². The topological polar surface area (TPSA) is 6.48 Å². The molecule has 0 aromatic heterocycles. The van der Waals surface area contributed by atoms with Crippen LogP contribution in [0.3, 0.4) is 0 Å². The van der Waals surface area contributed by atoms with Crippen LogP contribution in [0.2, 0.25) is 0 Å². The first kappa shape index (κ1) is 37.7. The molecule has 288 valence electrons. The molecule has 3 unspecified atom stereocenters. The van der Waals surface area contributed by atoms with Crippen LogP contribution in [-0.4, -0.2) is 17.9 Å². The summed E-state index contributed by atoms with van der Waals surface area (Å²) in [7, 11) is 0. The van der Waals surface area contributed by atoms with Gasteiger partial charge >= 0.3 is 0 Å². The van der Waals surface area contributed by atoms with Crippen LogP contribution in [0.15, 0.2) is 107 Å². The summed E-state index contributed by atoms with van der Waals surface area (Å²) in [4.78, 5) is 7.08. The van der Waals surface area contributed by atoms with Gasteiger partial charge in [0, 0.05) is 33.6 Å². The third kappa shape index (κ3) is 5.90. The summed E-state index contributed by atoms with van der Waals surface area (Å²) in [6, 6.07) is 31.9. The Morgan fingerprint density at radius 3 is 2.04 bits per heavy atom. The van der Waals surface area contributed by atoms with Crippen molar-refractivity contribution in [3.05, 3.63) is 129 Å². The highest BCUT2D eigenvalue weighted by atomic mass is 32.2. The van der Waals surface area contributed by atoms with E-state index in [0.29, 0.717) is 17.0 Å². The van der Waals surface area contributed by atoms with E-state index in [1.165, 1.54) is 85.6 Å². The van der Waals surface area contributed by atoms with Gasteiger partial charge in [-0.3, -0.25) is 0 Å². The van der Waals surface area contributed by atoms with E-state index in [2.05, 4.69) is 196 Å². The summed E-state index contributed by atoms with van der Waals surface area (Å²) < 4.78 is 0. The Hall–Kier alpha value is -3.89. The van der Waals surface area contributed by atoms with E-state index >= 15 is 0 Å². The van der Waals surface area contributed by atoms with Crippen molar-refractivity contribution in [1.29, 1.82) is 0 Å². The zero-order valence-corrected chi connectivity index (χ0v) is 36.8. The molecule has 4 heteroatoms. The van der Waals surface area contributed by atoms with E-state index < -0.39 is 0 Å². The first-order valence-corrected chi connectivity index (χ1v) is 22.2. The number of aryl methyl sites for hydroxylation is 1. The predicted molar refractivity (Wildman–Crippen MR) is 247 cm³/mol. The third-order valence-electron chi connectivity index (χ3n) is 13.9. The van der Waals surface area contributed by atoms with Crippen LogP contribution in [0.25, 0.3) is 5.57 Å². The van der Waals surface area contributed by atoms with Gasteiger partial charge in [0.2, 0.25) is 6.71 Å². The van der Waals surface area contributed by atoms with Crippen molar-refractivity contribution in [3.63, 3.8) is 0 Å². The minimum absolute atomic E-state index is 0.0443. The van der Waals surface area contributed by atoms with Crippen molar-refractivity contribution in [3.8, 4) is 0 Å². The number of anilines is 5. The monoisotopic (exact) mass is 756 g/mol. The maximum Gasteiger partial charge on any atom is 0.233 e. The predicted octanol–water partition coefficient (Wildman–Crippen LogP) is 13.2. The molecule has 0 radical (unpaired) electrons. The van der Waals surface area contributed by atoms with Crippen LogP contribution >= 0.6 is 11.8 Å². The van der Waals surface area contributed by atoms with Gasteiger partial charge in [-0.1, -0.05) is 118 Å². The summed E-state index contributed by atoms with van der Waals surface area (Å²) in [6.07, 6.45) is 8.26. The molecule has 0 N–H and O–H groups in total. The van der Waals surface area contributed by atoms with Crippen LogP contribution in [0.5, 0.6) is 0 Å². The second-order valence-electron chi connectivity index (χ2n) is 20.5. The molecule has 0 bridgehead atoms. The van der Waals surface area contributed by atoms with Gasteiger partial charge in [0.15, 0.2) is 0 Å². The Morgan fingerprint density at radius 2 is 1.38 bits per heavy atom. The molecule has 3 aliphatic heterocycles. The first-order valence-electron chi connectivity index (χ1n) is 21.3. The molecule has 5 aliphatic rings. The average molecular weight is 757 g/mol. The molecule has 2 aliphatic carbocycles. The maximum absolute atomic E-state index is 2.81. The van der Waals surface area contributed by atoms with Gasteiger partial charge in [0.05, 0.1) is 6.04 Å². The second kappa shape index (κ2) is 13.1. The molecule has 0 saturated carbocycles. The van der Waals surface area contributed by atoms with Gasteiger partial charge in [0.1, 0.15) is 0 Å². The Labute approximate surface area is 342 Å². The Kier molecular flexibility index (Phi) is 8.79. The molecular weight excluding hydrogens is 695 g/mol. The summed E-state index contributed by atoms with van der Waals surface area (Å²) in [6.45, 7) is 28.8. The van der Waals surface area contributed by atoms with Crippen LogP contribution in [0.4, 0.5) is 28.4 Å². The quantitative estimate of drug-likeness (QED) is 0.192. The van der Waals surface area contributed by atoms with E-state index in [1.807, 2.05) is 0 Å². The number of hydrogen-bond acceptors (Lipinski definition) is 3. The normalized spacial score (nSPS) is 24.0. The van der Waals surface area contributed by atoms with Gasteiger partial charge in [-0.25, -0.2) is 0 Å². The smallest absolute Gasteiger partial charge is 0.233 e. The Bertz CT molecular complexity index is 2330. The highest BCUT2D eigenvalue weighted by molar-refractivity contribution is 8.05. The standard InChI is InChI=1S/C52H61BN2S/c1-31-28-42-46-43(29-31)55(39-21-16-35(17-22-39)44-32(2)14-13-15-33(44)3)47-45-34(4)26-27-52(11,12)48(45)56-49(47)53(46)40-30-37(51(8,9)10)20-25-41(40)54(42)38-23-18-36(19-24-38)50(5,6)7/h13-14,16-25,28-30,33-34,47,49H,15,26-27H2,1-12H3/t33?,34-,47?,49?/m1/s1. The summed E-state index contributed by atoms with van der Waals surface area (Å²) >= 11 is 2.24. The van der Waals surface area contributed by atoms with E-state index in [1.54, 1.807) is 10.5 Å². The maximum atomic E-state index is 2.81. The van der Waals surface area contributed by atoms with Gasteiger partial charge in [-0.2, -0.15) is 0 Å². The highest BCUT2D eigenvalue weighted by Crippen LogP contribution is 2.60. The number of allylic oxidation sites excluding steroid dienone is 5. The van der Waals surface area contributed by atoms with E-state index in [0.717, 1.165) is 6.42 Å². The lowest BCUT2D eigenvalue weighted by atomic mass is 9.33. The minimum Gasteiger partial charge on any atom is -0.334 e. The van der Waals surface area contributed by atoms with Crippen molar-refractivity contribution in [2.45, 2.75) is 124 Å². The lowest BCUT2D eigenvalue weighted by molar-refractivity contribution is 0.344. The molecule has 4 aromatic rings. The van der Waals surface area contributed by atoms with E-state index in [9.17, 15) is 0 Å². The zero-order chi connectivity index (χ0) is 39.6. The van der Waals surface area contributed by atoms with E-state index in [4.69, 9.17) is 0 Å². The number of nitrogens with zero attached hydrogens (tertiary/aromatic N) is 2. The Balaban J connectivity index is 1.31. The van der Waals surface area contributed by atoms with Crippen molar-refractivity contribution in [2.75, 3.05) is 9.80 Å². The largest absolute Gasteiger partial charge is 0.334 e. The van der Waals surface area contributed by atoms with Gasteiger partial charge < -0.3 is 9.80 Å². The number of hydrogen-bond donors (Lipinski definition) is 0. The number of fused-ring (bicyclic) bond motifs is 5. The molecule has 0 amide bonds. The Morgan fingerprint density at radius 1 is 0.732 bits per heavy atom. The molecule has 4 atom stereocenters. The molecule has 0 spiro atoms. The lowest BCUT2D eigenvalue weighted by Crippen LogP contribution is -2.66. The fraction of sp³-hybridized carbons (Fsp3) is 0.423. The molecule has 2 nitrogen and oxygen atoms in total. The van der Waals surface area contributed by atoms with Crippen molar-refractivity contribution >= 4 is 63.4 Å². The second-order valence-corrected chi connectivity index (χ2v) is 21.7. The van der Waals surface area contributed by atoms with Crippen molar-refractivity contribution in [1.82, 2.24) is 0 Å². The number of thioether (sulfide) groups is 1. The average Bonchev–Trinajstić information content (AvgIpc) is 3.55. The molecule has 4 aromatic carbocycles. The fourth-order valence-electron chi connectivity index (χ4n) is 10.8. The summed E-state index contributed by atoms with van der Waals surface area (Å²) in [5, 5.41) is 0.362. The van der Waals surface area contributed by atoms with Gasteiger partial charge in [0.25, 0.3) is 0 Å². The minimum atomic E-state index is 0.0443. The van der Waals surface area contributed by atoms with Crippen LogP contribution in [0.1, 0.15) is 118 Å². The fourth-order valence-corrected chi connectivity index (χ4v) is 12.8. The van der Waals surface area contributed by atoms with Gasteiger partial charge in [-0.05, 0) is 158 Å². The highest BCUT2D eigenvalue weighted by Gasteiger charge is 2.57. The molecule has 0 saturated heterocycles. The van der Waals surface area contributed by atoms with Crippen LogP contribution < -0.4 is 20.7 Å². The number of benzene rings is 4. The summed E-state index contributed by atoms with van der Waals surface area (Å²) in [5.41, 5.74) is 19.9. The van der Waals surface area contributed by atoms with Crippen molar-refractivity contribution < 1.29 is 0 Å². The molecule has 0 fully saturated rings. The molecule has 56 heavy (non-hydrogen) atoms. The lowest BCUT2D eigenvalue weighted by Gasteiger charge is -2.50. The number of rotatable bonds is 3.